The summed E-state index contributed by atoms with van der Waals surface area (Å²) < 4.78 is 3.95. The van der Waals surface area contributed by atoms with E-state index in [1.165, 1.54) is 21.3 Å². The minimum atomic E-state index is -1.06. The topological polar surface area (TPSA) is 43.0 Å². The zero-order valence-corrected chi connectivity index (χ0v) is 19.1. The van der Waals surface area contributed by atoms with Crippen molar-refractivity contribution < 1.29 is 5.11 Å². The summed E-state index contributed by atoms with van der Waals surface area (Å²) in [6.07, 6.45) is 2.08. The van der Waals surface area contributed by atoms with Gasteiger partial charge in [-0.2, -0.15) is 5.10 Å². The molecule has 0 saturated carbocycles. The molecule has 0 aliphatic rings. The highest BCUT2D eigenvalue weighted by atomic mass is 35.5. The number of aliphatic hydroxyl groups is 1. The Hall–Kier alpha value is -2.86. The van der Waals surface area contributed by atoms with Gasteiger partial charge in [0.15, 0.2) is 0 Å². The van der Waals surface area contributed by atoms with Crippen molar-refractivity contribution in [3.05, 3.63) is 83.6 Å². The highest BCUT2D eigenvalue weighted by Crippen LogP contribution is 2.38. The Kier molecular flexibility index (Phi) is 4.77. The molecule has 1 N–H and O–H groups in total. The summed E-state index contributed by atoms with van der Waals surface area (Å²) in [7, 11) is 2.06. The van der Waals surface area contributed by atoms with E-state index in [1.54, 1.807) is 25.2 Å². The van der Waals surface area contributed by atoms with Gasteiger partial charge in [0.25, 0.3) is 0 Å². The Morgan fingerprint density at radius 1 is 0.968 bits per heavy atom. The fourth-order valence-corrected chi connectivity index (χ4v) is 4.95. The van der Waals surface area contributed by atoms with Crippen molar-refractivity contribution in [1.82, 2.24) is 14.3 Å². The molecule has 0 bridgehead atoms. The molecule has 2 aromatic carbocycles. The molecule has 0 aliphatic carbocycles. The molecule has 3 aromatic heterocycles. The maximum Gasteiger partial charge on any atom is 0.103 e. The molecule has 0 amide bonds. The summed E-state index contributed by atoms with van der Waals surface area (Å²) in [6, 6.07) is 22.5. The van der Waals surface area contributed by atoms with Crippen LogP contribution < -0.4 is 0 Å². The van der Waals surface area contributed by atoms with Gasteiger partial charge in [-0.1, -0.05) is 29.8 Å². The predicted molar refractivity (Wildman–Crippen MR) is 129 cm³/mol. The van der Waals surface area contributed by atoms with Gasteiger partial charge in [0.1, 0.15) is 5.60 Å². The number of hydrogen-bond donors (Lipinski definition) is 1. The highest BCUT2D eigenvalue weighted by Gasteiger charge is 2.24. The summed E-state index contributed by atoms with van der Waals surface area (Å²) in [4.78, 5) is 2.24. The number of thiophene rings is 1. The van der Waals surface area contributed by atoms with Gasteiger partial charge >= 0.3 is 0 Å². The van der Waals surface area contributed by atoms with Crippen LogP contribution in [0, 0.1) is 0 Å². The number of halogens is 1. The lowest BCUT2D eigenvalue weighted by Crippen LogP contribution is -2.16. The molecule has 0 aliphatic heterocycles. The average molecular weight is 448 g/mol. The zero-order chi connectivity index (χ0) is 21.8. The lowest BCUT2D eigenvalue weighted by molar-refractivity contribution is 0.0734. The van der Waals surface area contributed by atoms with E-state index in [1.807, 2.05) is 35.0 Å². The predicted octanol–water partition coefficient (Wildman–Crippen LogP) is 6.64. The molecule has 31 heavy (non-hydrogen) atoms. The number of aryl methyl sites for hydroxylation is 1. The molecule has 3 heterocycles. The Morgan fingerprint density at radius 2 is 1.74 bits per heavy atom. The third-order valence-electron chi connectivity index (χ3n) is 5.45. The van der Waals surface area contributed by atoms with Crippen molar-refractivity contribution in [2.45, 2.75) is 19.4 Å². The van der Waals surface area contributed by atoms with Crippen LogP contribution in [0.1, 0.15) is 19.5 Å². The van der Waals surface area contributed by atoms with Crippen molar-refractivity contribution >= 4 is 33.8 Å². The second-order valence-electron chi connectivity index (χ2n) is 8.20. The Labute approximate surface area is 190 Å². The van der Waals surface area contributed by atoms with Crippen molar-refractivity contribution in [3.63, 3.8) is 0 Å². The van der Waals surface area contributed by atoms with Gasteiger partial charge in [0.05, 0.1) is 27.0 Å². The summed E-state index contributed by atoms with van der Waals surface area (Å²) >= 11 is 8.18. The highest BCUT2D eigenvalue weighted by molar-refractivity contribution is 7.18. The molecule has 0 unspecified atom stereocenters. The number of fused-ring (bicyclic) bond motifs is 1. The Balaban J connectivity index is 1.62. The third kappa shape index (κ3) is 3.59. The van der Waals surface area contributed by atoms with Crippen LogP contribution in [0.4, 0.5) is 0 Å². The summed E-state index contributed by atoms with van der Waals surface area (Å²) in [6.45, 7) is 3.48. The first-order valence-electron chi connectivity index (χ1n) is 10.0. The molecule has 4 nitrogen and oxygen atoms in total. The monoisotopic (exact) mass is 447 g/mol. The van der Waals surface area contributed by atoms with E-state index in [4.69, 9.17) is 16.7 Å². The maximum absolute atomic E-state index is 10.6. The smallest absolute Gasteiger partial charge is 0.103 e. The first kappa shape index (κ1) is 20.1. The van der Waals surface area contributed by atoms with Crippen LogP contribution in [0.2, 0.25) is 5.02 Å². The number of hydrogen-bond acceptors (Lipinski definition) is 3. The van der Waals surface area contributed by atoms with Crippen LogP contribution in [-0.2, 0) is 12.6 Å². The second kappa shape index (κ2) is 7.38. The Morgan fingerprint density at radius 3 is 2.52 bits per heavy atom. The van der Waals surface area contributed by atoms with Crippen molar-refractivity contribution in [2.24, 2.45) is 7.05 Å². The van der Waals surface area contributed by atoms with Crippen LogP contribution in [0.5, 0.6) is 0 Å². The summed E-state index contributed by atoms with van der Waals surface area (Å²) in [5.41, 5.74) is 3.63. The van der Waals surface area contributed by atoms with E-state index in [0.29, 0.717) is 10.7 Å². The number of para-hydroxylation sites is 1. The average Bonchev–Trinajstić information content (AvgIpc) is 3.46. The first-order chi connectivity index (χ1) is 14.8. The van der Waals surface area contributed by atoms with Crippen molar-refractivity contribution in [3.8, 4) is 26.7 Å². The standard InChI is InChI=1S/C25H22ClN3OS/c1-25(2,30)24-15-21(29(27-24)20-7-5-4-6-18(20)26)23-11-10-22(31-23)17-8-9-19-16(14-17)12-13-28(19)3/h4-15,30H,1-3H3. The van der Waals surface area contributed by atoms with Crippen LogP contribution in [-0.4, -0.2) is 19.5 Å². The van der Waals surface area contributed by atoms with E-state index < -0.39 is 5.60 Å². The molecular weight excluding hydrogens is 426 g/mol. The molecule has 156 valence electrons. The van der Waals surface area contributed by atoms with E-state index in [9.17, 15) is 5.11 Å². The number of nitrogens with zero attached hydrogens (tertiary/aromatic N) is 3. The normalized spacial score (nSPS) is 12.0. The van der Waals surface area contributed by atoms with Crippen LogP contribution >= 0.6 is 22.9 Å². The van der Waals surface area contributed by atoms with E-state index in [2.05, 4.69) is 54.2 Å². The lowest BCUT2D eigenvalue weighted by Gasteiger charge is -2.13. The zero-order valence-electron chi connectivity index (χ0n) is 17.5. The molecule has 5 rings (SSSR count). The van der Waals surface area contributed by atoms with E-state index in [0.717, 1.165) is 16.3 Å². The van der Waals surface area contributed by atoms with Crippen LogP contribution in [0.3, 0.4) is 0 Å². The van der Waals surface area contributed by atoms with Gasteiger partial charge in [-0.15, -0.1) is 11.3 Å². The minimum absolute atomic E-state index is 0.600. The molecule has 5 aromatic rings. The molecule has 0 spiro atoms. The largest absolute Gasteiger partial charge is 0.384 e. The molecule has 6 heteroatoms. The molecule has 0 fully saturated rings. The second-order valence-corrected chi connectivity index (χ2v) is 9.69. The molecule has 0 atom stereocenters. The SMILES string of the molecule is Cn1ccc2cc(-c3ccc(-c4cc(C(C)(C)O)nn4-c4ccccc4Cl)s3)ccc21. The molecule has 0 saturated heterocycles. The number of aromatic nitrogens is 3. The Bertz CT molecular complexity index is 1400. The third-order valence-corrected chi connectivity index (χ3v) is 6.92. The maximum atomic E-state index is 10.6. The van der Waals surface area contributed by atoms with Gasteiger partial charge in [-0.25, -0.2) is 4.68 Å². The fourth-order valence-electron chi connectivity index (χ4n) is 3.73. The van der Waals surface area contributed by atoms with E-state index >= 15 is 0 Å². The molecule has 0 radical (unpaired) electrons. The van der Waals surface area contributed by atoms with E-state index in [-0.39, 0.29) is 0 Å². The number of benzene rings is 2. The van der Waals surface area contributed by atoms with Gasteiger partial charge in [0.2, 0.25) is 0 Å². The van der Waals surface area contributed by atoms with Crippen molar-refractivity contribution in [1.29, 1.82) is 0 Å². The molecular formula is C25H22ClN3OS. The van der Waals surface area contributed by atoms with Gasteiger partial charge < -0.3 is 9.67 Å². The van der Waals surface area contributed by atoms with Crippen molar-refractivity contribution in [2.75, 3.05) is 0 Å². The van der Waals surface area contributed by atoms with Crippen LogP contribution in [0.25, 0.3) is 37.6 Å². The fraction of sp³-hybridized carbons (Fsp3) is 0.160. The van der Waals surface area contributed by atoms with Gasteiger partial charge in [-0.05, 0) is 67.9 Å². The van der Waals surface area contributed by atoms with Gasteiger partial charge in [-0.3, -0.25) is 0 Å². The van der Waals surface area contributed by atoms with Gasteiger partial charge in [0, 0.05) is 29.0 Å². The summed E-state index contributed by atoms with van der Waals surface area (Å²) in [5.74, 6) is 0. The first-order valence-corrected chi connectivity index (χ1v) is 11.2. The number of rotatable bonds is 4. The minimum Gasteiger partial charge on any atom is -0.384 e. The summed E-state index contributed by atoms with van der Waals surface area (Å²) in [5, 5.41) is 17.1. The lowest BCUT2D eigenvalue weighted by atomic mass is 10.1. The van der Waals surface area contributed by atoms with Crippen LogP contribution in [0.15, 0.2) is 72.9 Å². The quantitative estimate of drug-likeness (QED) is 0.335.